The Balaban J connectivity index is 1.85. The fraction of sp³-hybridized carbons (Fsp3) is 0.235. The van der Waals surface area contributed by atoms with Gasteiger partial charge in [-0.05, 0) is 24.3 Å². The second-order valence-corrected chi connectivity index (χ2v) is 4.62. The summed E-state index contributed by atoms with van der Waals surface area (Å²) in [6, 6.07) is 12.7. The molecule has 0 unspecified atom stereocenters. The standard InChI is InChI=1S/C17H19NO4/c1-20-16-11-13(12-19)10-15(18)17(16)22-9-5-8-21-14-6-3-2-4-7-14/h2-4,6-7,10-12H,5,8-9,18H2,1H3. The Bertz CT molecular complexity index is 614. The molecule has 2 rings (SSSR count). The number of methoxy groups -OCH3 is 1. The molecule has 0 fully saturated rings. The maximum Gasteiger partial charge on any atom is 0.184 e. The molecule has 0 radical (unpaired) electrons. The number of hydrogen-bond donors (Lipinski definition) is 1. The van der Waals surface area contributed by atoms with Gasteiger partial charge < -0.3 is 19.9 Å². The lowest BCUT2D eigenvalue weighted by atomic mass is 10.2. The van der Waals surface area contributed by atoms with E-state index in [2.05, 4.69) is 0 Å². The number of para-hydroxylation sites is 1. The van der Waals surface area contributed by atoms with E-state index in [1.54, 1.807) is 12.1 Å². The molecule has 2 N–H and O–H groups in total. The Morgan fingerprint density at radius 2 is 1.82 bits per heavy atom. The van der Waals surface area contributed by atoms with Gasteiger partial charge in [0, 0.05) is 12.0 Å². The molecule has 0 aliphatic heterocycles. The fourth-order valence-electron chi connectivity index (χ4n) is 1.96. The molecule has 2 aromatic rings. The van der Waals surface area contributed by atoms with E-state index in [1.807, 2.05) is 30.3 Å². The smallest absolute Gasteiger partial charge is 0.184 e. The Kier molecular flexibility index (Phi) is 5.65. The van der Waals surface area contributed by atoms with Gasteiger partial charge in [0.15, 0.2) is 11.5 Å². The Morgan fingerprint density at radius 1 is 1.09 bits per heavy atom. The van der Waals surface area contributed by atoms with Gasteiger partial charge in [-0.15, -0.1) is 0 Å². The summed E-state index contributed by atoms with van der Waals surface area (Å²) in [6.45, 7) is 0.979. The molecule has 0 aliphatic carbocycles. The largest absolute Gasteiger partial charge is 0.493 e. The average Bonchev–Trinajstić information content (AvgIpc) is 2.56. The van der Waals surface area contributed by atoms with Crippen LogP contribution in [-0.4, -0.2) is 26.6 Å². The minimum Gasteiger partial charge on any atom is -0.493 e. The van der Waals surface area contributed by atoms with E-state index >= 15 is 0 Å². The summed E-state index contributed by atoms with van der Waals surface area (Å²) in [6.07, 6.45) is 1.42. The molecule has 0 saturated heterocycles. The van der Waals surface area contributed by atoms with Gasteiger partial charge in [0.25, 0.3) is 0 Å². The second kappa shape index (κ2) is 7.93. The fourth-order valence-corrected chi connectivity index (χ4v) is 1.96. The zero-order chi connectivity index (χ0) is 15.8. The van der Waals surface area contributed by atoms with Gasteiger partial charge in [-0.3, -0.25) is 4.79 Å². The van der Waals surface area contributed by atoms with Crippen molar-refractivity contribution in [2.45, 2.75) is 6.42 Å². The van der Waals surface area contributed by atoms with Crippen LogP contribution in [0.5, 0.6) is 17.2 Å². The van der Waals surface area contributed by atoms with E-state index in [-0.39, 0.29) is 0 Å². The van der Waals surface area contributed by atoms with Crippen molar-refractivity contribution in [1.29, 1.82) is 0 Å². The molecule has 0 bridgehead atoms. The summed E-state index contributed by atoms with van der Waals surface area (Å²) in [5, 5.41) is 0. The van der Waals surface area contributed by atoms with Crippen molar-refractivity contribution in [2.75, 3.05) is 26.1 Å². The third kappa shape index (κ3) is 4.15. The molecule has 22 heavy (non-hydrogen) atoms. The number of anilines is 1. The third-order valence-corrected chi connectivity index (χ3v) is 3.01. The van der Waals surface area contributed by atoms with E-state index in [0.29, 0.717) is 42.4 Å². The highest BCUT2D eigenvalue weighted by molar-refractivity contribution is 5.80. The number of hydrogen-bond acceptors (Lipinski definition) is 5. The van der Waals surface area contributed by atoms with E-state index in [0.717, 1.165) is 12.0 Å². The Labute approximate surface area is 129 Å². The van der Waals surface area contributed by atoms with Crippen molar-refractivity contribution >= 4 is 12.0 Å². The van der Waals surface area contributed by atoms with Gasteiger partial charge in [0.05, 0.1) is 26.0 Å². The number of carbonyl (C=O) groups excluding carboxylic acids is 1. The molecule has 2 aromatic carbocycles. The van der Waals surface area contributed by atoms with Gasteiger partial charge >= 0.3 is 0 Å². The SMILES string of the molecule is COc1cc(C=O)cc(N)c1OCCCOc1ccccc1. The predicted octanol–water partition coefficient (Wildman–Crippen LogP) is 2.94. The molecule has 5 nitrogen and oxygen atoms in total. The van der Waals surface area contributed by atoms with Gasteiger partial charge in [-0.25, -0.2) is 0 Å². The minimum absolute atomic E-state index is 0.380. The number of aldehydes is 1. The molecule has 0 amide bonds. The number of carbonyl (C=O) groups is 1. The zero-order valence-corrected chi connectivity index (χ0v) is 12.5. The van der Waals surface area contributed by atoms with Crippen LogP contribution in [0.25, 0.3) is 0 Å². The highest BCUT2D eigenvalue weighted by atomic mass is 16.5. The van der Waals surface area contributed by atoms with Crippen LogP contribution in [0.15, 0.2) is 42.5 Å². The summed E-state index contributed by atoms with van der Waals surface area (Å²) < 4.78 is 16.4. The molecule has 0 aliphatic rings. The first kappa shape index (κ1) is 15.7. The normalized spacial score (nSPS) is 10.0. The summed E-state index contributed by atoms with van der Waals surface area (Å²) in [7, 11) is 1.51. The highest BCUT2D eigenvalue weighted by Gasteiger charge is 2.11. The Morgan fingerprint density at radius 3 is 2.50 bits per heavy atom. The number of nitrogens with two attached hydrogens (primary N) is 1. The first-order valence-corrected chi connectivity index (χ1v) is 6.98. The van der Waals surface area contributed by atoms with E-state index in [1.165, 1.54) is 7.11 Å². The summed E-state index contributed by atoms with van der Waals surface area (Å²) in [5.41, 5.74) is 6.72. The van der Waals surface area contributed by atoms with Crippen LogP contribution < -0.4 is 19.9 Å². The van der Waals surface area contributed by atoms with Gasteiger partial charge in [0.1, 0.15) is 12.0 Å². The van der Waals surface area contributed by atoms with Crippen molar-refractivity contribution in [2.24, 2.45) is 0 Å². The lowest BCUT2D eigenvalue weighted by Crippen LogP contribution is -2.07. The van der Waals surface area contributed by atoms with Crippen LogP contribution in [0.2, 0.25) is 0 Å². The molecule has 0 aromatic heterocycles. The van der Waals surface area contributed by atoms with E-state index in [4.69, 9.17) is 19.9 Å². The first-order valence-electron chi connectivity index (χ1n) is 6.98. The summed E-state index contributed by atoms with van der Waals surface area (Å²) >= 11 is 0. The topological polar surface area (TPSA) is 70.8 Å². The number of nitrogen functional groups attached to an aromatic ring is 1. The van der Waals surface area contributed by atoms with Crippen molar-refractivity contribution < 1.29 is 19.0 Å². The van der Waals surface area contributed by atoms with E-state index < -0.39 is 0 Å². The molecule has 0 spiro atoms. The van der Waals surface area contributed by atoms with Crippen LogP contribution in [0.3, 0.4) is 0 Å². The minimum atomic E-state index is 0.380. The number of ether oxygens (including phenoxy) is 3. The predicted molar refractivity (Wildman–Crippen MR) is 84.8 cm³/mol. The second-order valence-electron chi connectivity index (χ2n) is 4.62. The van der Waals surface area contributed by atoms with Crippen molar-refractivity contribution in [3.05, 3.63) is 48.0 Å². The molecule has 0 atom stereocenters. The molecule has 116 valence electrons. The van der Waals surface area contributed by atoms with Crippen molar-refractivity contribution in [3.63, 3.8) is 0 Å². The van der Waals surface area contributed by atoms with Crippen LogP contribution in [0.4, 0.5) is 5.69 Å². The van der Waals surface area contributed by atoms with Crippen LogP contribution >= 0.6 is 0 Å². The number of rotatable bonds is 8. The number of benzene rings is 2. The zero-order valence-electron chi connectivity index (χ0n) is 12.5. The molecular weight excluding hydrogens is 282 g/mol. The lowest BCUT2D eigenvalue weighted by Gasteiger charge is -2.14. The van der Waals surface area contributed by atoms with Crippen LogP contribution in [0, 0.1) is 0 Å². The maximum absolute atomic E-state index is 10.8. The molecule has 5 heteroatoms. The van der Waals surface area contributed by atoms with Gasteiger partial charge in [-0.1, -0.05) is 18.2 Å². The Hall–Kier alpha value is -2.69. The molecule has 0 heterocycles. The third-order valence-electron chi connectivity index (χ3n) is 3.01. The van der Waals surface area contributed by atoms with E-state index in [9.17, 15) is 4.79 Å². The average molecular weight is 301 g/mol. The van der Waals surface area contributed by atoms with Crippen molar-refractivity contribution in [1.82, 2.24) is 0 Å². The van der Waals surface area contributed by atoms with Crippen LogP contribution in [-0.2, 0) is 0 Å². The molecule has 0 saturated carbocycles. The quantitative estimate of drug-likeness (QED) is 0.461. The lowest BCUT2D eigenvalue weighted by molar-refractivity contribution is 0.112. The van der Waals surface area contributed by atoms with Gasteiger partial charge in [-0.2, -0.15) is 0 Å². The maximum atomic E-state index is 10.8. The van der Waals surface area contributed by atoms with Crippen molar-refractivity contribution in [3.8, 4) is 17.2 Å². The summed E-state index contributed by atoms with van der Waals surface area (Å²) in [4.78, 5) is 10.8. The monoisotopic (exact) mass is 301 g/mol. The first-order chi connectivity index (χ1) is 10.7. The van der Waals surface area contributed by atoms with Crippen LogP contribution in [0.1, 0.15) is 16.8 Å². The molecular formula is C17H19NO4. The van der Waals surface area contributed by atoms with Gasteiger partial charge in [0.2, 0.25) is 0 Å². The summed E-state index contributed by atoms with van der Waals surface area (Å²) in [5.74, 6) is 1.73. The highest BCUT2D eigenvalue weighted by Crippen LogP contribution is 2.34.